The van der Waals surface area contributed by atoms with Crippen LogP contribution in [0.3, 0.4) is 0 Å². The van der Waals surface area contributed by atoms with Crippen LogP contribution in [0.5, 0.6) is 0 Å². The van der Waals surface area contributed by atoms with Crippen molar-refractivity contribution in [1.82, 2.24) is 4.90 Å². The summed E-state index contributed by atoms with van der Waals surface area (Å²) in [7, 11) is 1.55. The van der Waals surface area contributed by atoms with Crippen LogP contribution in [0.4, 0.5) is 0 Å². The lowest BCUT2D eigenvalue weighted by Gasteiger charge is -2.25. The van der Waals surface area contributed by atoms with E-state index in [4.69, 9.17) is 14.7 Å². The smallest absolute Gasteiger partial charge is 0.339 e. The summed E-state index contributed by atoms with van der Waals surface area (Å²) in [5.74, 6) is -1.47. The number of fused-ring (bicyclic) bond motifs is 1. The number of rotatable bonds is 6. The third kappa shape index (κ3) is 4.66. The van der Waals surface area contributed by atoms with Crippen molar-refractivity contribution in [2.24, 2.45) is 0 Å². The van der Waals surface area contributed by atoms with Gasteiger partial charge < -0.3 is 14.4 Å². The Morgan fingerprint density at radius 2 is 2.00 bits per heavy atom. The number of esters is 2. The van der Waals surface area contributed by atoms with Gasteiger partial charge in [-0.2, -0.15) is 5.26 Å². The standard InChI is InChI=1S/C23H22N2O5/c1-15(21(26)25(2)12-6-11-24)29-22(27)17-9-10-19-18(13-17)14-20(30-23(19)28)16-7-4-3-5-8-16/h3-5,7-10,13,15,20H,6,12,14H2,1-2H3/t15-,20+/m1/s1. The summed E-state index contributed by atoms with van der Waals surface area (Å²) in [6, 6.07) is 16.0. The van der Waals surface area contributed by atoms with E-state index < -0.39 is 24.1 Å². The topological polar surface area (TPSA) is 96.7 Å². The second-order valence-corrected chi connectivity index (χ2v) is 7.10. The Labute approximate surface area is 174 Å². The van der Waals surface area contributed by atoms with Gasteiger partial charge in [-0.15, -0.1) is 0 Å². The summed E-state index contributed by atoms with van der Waals surface area (Å²) >= 11 is 0. The highest BCUT2D eigenvalue weighted by Crippen LogP contribution is 2.31. The minimum atomic E-state index is -0.987. The number of hydrogen-bond donors (Lipinski definition) is 0. The molecular formula is C23H22N2O5. The van der Waals surface area contributed by atoms with Gasteiger partial charge in [0.25, 0.3) is 5.91 Å². The van der Waals surface area contributed by atoms with E-state index >= 15 is 0 Å². The molecule has 0 spiro atoms. The maximum Gasteiger partial charge on any atom is 0.339 e. The van der Waals surface area contributed by atoms with Gasteiger partial charge in [-0.1, -0.05) is 30.3 Å². The van der Waals surface area contributed by atoms with Crippen molar-refractivity contribution in [3.63, 3.8) is 0 Å². The number of carbonyl (C=O) groups is 3. The zero-order chi connectivity index (χ0) is 21.7. The molecular weight excluding hydrogens is 384 g/mol. The Balaban J connectivity index is 1.72. The van der Waals surface area contributed by atoms with Crippen LogP contribution in [-0.4, -0.2) is 42.4 Å². The van der Waals surface area contributed by atoms with Crippen LogP contribution in [0.15, 0.2) is 48.5 Å². The Morgan fingerprint density at radius 1 is 1.27 bits per heavy atom. The second-order valence-electron chi connectivity index (χ2n) is 7.10. The maximum atomic E-state index is 12.6. The number of likely N-dealkylation sites (N-methyl/N-ethyl adjacent to an activating group) is 1. The third-order valence-electron chi connectivity index (χ3n) is 4.95. The highest BCUT2D eigenvalue weighted by molar-refractivity contribution is 5.96. The van der Waals surface area contributed by atoms with Crippen LogP contribution >= 0.6 is 0 Å². The fourth-order valence-electron chi connectivity index (χ4n) is 3.29. The highest BCUT2D eigenvalue weighted by Gasteiger charge is 2.29. The maximum absolute atomic E-state index is 12.6. The van der Waals surface area contributed by atoms with E-state index in [1.54, 1.807) is 19.2 Å². The molecule has 0 unspecified atom stereocenters. The molecule has 2 aromatic rings. The highest BCUT2D eigenvalue weighted by atomic mass is 16.6. The molecule has 7 nitrogen and oxygen atoms in total. The molecule has 154 valence electrons. The normalized spacial score (nSPS) is 15.9. The number of carbonyl (C=O) groups excluding carboxylic acids is 3. The van der Waals surface area contributed by atoms with Gasteiger partial charge in [0, 0.05) is 20.0 Å². The first kappa shape index (κ1) is 21.1. The zero-order valence-corrected chi connectivity index (χ0v) is 16.8. The van der Waals surface area contributed by atoms with E-state index in [1.807, 2.05) is 36.4 Å². The van der Waals surface area contributed by atoms with Crippen LogP contribution in [0, 0.1) is 11.3 Å². The predicted octanol–water partition coefficient (Wildman–Crippen LogP) is 3.06. The largest absolute Gasteiger partial charge is 0.454 e. The van der Waals surface area contributed by atoms with Crippen LogP contribution in [0.1, 0.15) is 51.3 Å². The fraction of sp³-hybridized carbons (Fsp3) is 0.304. The minimum absolute atomic E-state index is 0.201. The van der Waals surface area contributed by atoms with Crippen molar-refractivity contribution in [2.45, 2.75) is 32.0 Å². The predicted molar refractivity (Wildman–Crippen MR) is 107 cm³/mol. The number of cyclic esters (lactones) is 1. The van der Waals surface area contributed by atoms with Crippen molar-refractivity contribution >= 4 is 17.8 Å². The van der Waals surface area contributed by atoms with E-state index in [0.717, 1.165) is 5.56 Å². The van der Waals surface area contributed by atoms with Gasteiger partial charge >= 0.3 is 11.9 Å². The van der Waals surface area contributed by atoms with E-state index in [0.29, 0.717) is 17.5 Å². The quantitative estimate of drug-likeness (QED) is 0.684. The van der Waals surface area contributed by atoms with E-state index in [-0.39, 0.29) is 24.4 Å². The van der Waals surface area contributed by atoms with Gasteiger partial charge in [-0.3, -0.25) is 4.79 Å². The van der Waals surface area contributed by atoms with Gasteiger partial charge in [0.1, 0.15) is 6.10 Å². The lowest BCUT2D eigenvalue weighted by molar-refractivity contribution is -0.138. The van der Waals surface area contributed by atoms with Gasteiger partial charge in [-0.25, -0.2) is 9.59 Å². The Kier molecular flexibility index (Phi) is 6.48. The molecule has 0 N–H and O–H groups in total. The molecule has 1 amide bonds. The first-order chi connectivity index (χ1) is 14.4. The van der Waals surface area contributed by atoms with Crippen molar-refractivity contribution in [3.05, 3.63) is 70.8 Å². The zero-order valence-electron chi connectivity index (χ0n) is 16.8. The average Bonchev–Trinajstić information content (AvgIpc) is 2.76. The third-order valence-corrected chi connectivity index (χ3v) is 4.95. The molecule has 30 heavy (non-hydrogen) atoms. The van der Waals surface area contributed by atoms with E-state index in [1.165, 1.54) is 17.9 Å². The number of ether oxygens (including phenoxy) is 2. The molecule has 1 aliphatic heterocycles. The molecule has 0 aliphatic carbocycles. The lowest BCUT2D eigenvalue weighted by Crippen LogP contribution is -2.38. The summed E-state index contributed by atoms with van der Waals surface area (Å²) in [5.41, 5.74) is 2.25. The number of amides is 1. The Bertz CT molecular complexity index is 996. The molecule has 0 fully saturated rings. The Morgan fingerprint density at radius 3 is 2.70 bits per heavy atom. The number of benzene rings is 2. The SMILES string of the molecule is C[C@@H](OC(=O)c1ccc2c(c1)C[C@@H](c1ccccc1)OC2=O)C(=O)N(C)CCC#N. The average molecular weight is 406 g/mol. The van der Waals surface area contributed by atoms with Crippen molar-refractivity contribution in [3.8, 4) is 6.07 Å². The summed E-state index contributed by atoms with van der Waals surface area (Å²) in [6.07, 6.45) is -0.768. The lowest BCUT2D eigenvalue weighted by atomic mass is 9.93. The van der Waals surface area contributed by atoms with Crippen molar-refractivity contribution in [2.75, 3.05) is 13.6 Å². The molecule has 3 rings (SSSR count). The fourth-order valence-corrected chi connectivity index (χ4v) is 3.29. The molecule has 7 heteroatoms. The van der Waals surface area contributed by atoms with Gasteiger partial charge in [0.2, 0.25) is 0 Å². The van der Waals surface area contributed by atoms with E-state index in [2.05, 4.69) is 0 Å². The van der Waals surface area contributed by atoms with Crippen LogP contribution < -0.4 is 0 Å². The van der Waals surface area contributed by atoms with Gasteiger partial charge in [-0.05, 0) is 36.2 Å². The number of nitriles is 1. The molecule has 0 radical (unpaired) electrons. The second kappa shape index (κ2) is 9.23. The molecule has 2 atom stereocenters. The van der Waals surface area contributed by atoms with Crippen LogP contribution in [0.25, 0.3) is 0 Å². The first-order valence-electron chi connectivity index (χ1n) is 9.62. The van der Waals surface area contributed by atoms with Crippen molar-refractivity contribution < 1.29 is 23.9 Å². The van der Waals surface area contributed by atoms with E-state index in [9.17, 15) is 14.4 Å². The summed E-state index contributed by atoms with van der Waals surface area (Å²) < 4.78 is 10.8. The molecule has 1 heterocycles. The minimum Gasteiger partial charge on any atom is -0.454 e. The van der Waals surface area contributed by atoms with Gasteiger partial charge in [0.05, 0.1) is 23.6 Å². The number of nitrogens with zero attached hydrogens (tertiary/aromatic N) is 2. The number of hydrogen-bond acceptors (Lipinski definition) is 6. The van der Waals surface area contributed by atoms with Gasteiger partial charge in [0.15, 0.2) is 6.10 Å². The van der Waals surface area contributed by atoms with Crippen LogP contribution in [-0.2, 0) is 20.7 Å². The first-order valence-corrected chi connectivity index (χ1v) is 9.62. The molecule has 0 saturated carbocycles. The van der Waals surface area contributed by atoms with Crippen LogP contribution in [0.2, 0.25) is 0 Å². The van der Waals surface area contributed by atoms with Crippen molar-refractivity contribution in [1.29, 1.82) is 5.26 Å². The summed E-state index contributed by atoms with van der Waals surface area (Å²) in [6.45, 7) is 1.75. The summed E-state index contributed by atoms with van der Waals surface area (Å²) in [4.78, 5) is 38.5. The summed E-state index contributed by atoms with van der Waals surface area (Å²) in [5, 5.41) is 8.63. The molecule has 0 bridgehead atoms. The molecule has 0 aromatic heterocycles. The Hall–Kier alpha value is -3.66. The molecule has 1 aliphatic rings. The molecule has 0 saturated heterocycles. The molecule has 2 aromatic carbocycles. The monoisotopic (exact) mass is 406 g/mol.